The molecular weight excluding hydrogens is 268 g/mol. The normalized spacial score (nSPS) is 14.2. The highest BCUT2D eigenvalue weighted by Crippen LogP contribution is 2.34. The van der Waals surface area contributed by atoms with E-state index in [-0.39, 0.29) is 12.5 Å². The van der Waals surface area contributed by atoms with E-state index >= 15 is 0 Å². The molecule has 2 aromatic rings. The largest absolute Gasteiger partial charge is 0.481 e. The molecule has 0 atom stereocenters. The van der Waals surface area contributed by atoms with Gasteiger partial charge in [0, 0.05) is 24.0 Å². The van der Waals surface area contributed by atoms with Crippen molar-refractivity contribution in [2.24, 2.45) is 0 Å². The Bertz CT molecular complexity index is 678. The van der Waals surface area contributed by atoms with Crippen molar-refractivity contribution in [2.75, 3.05) is 17.2 Å². The Kier molecular flexibility index (Phi) is 3.29. The number of anilines is 2. The molecule has 2 N–H and O–H groups in total. The van der Waals surface area contributed by atoms with Crippen LogP contribution in [-0.2, 0) is 11.3 Å². The number of benzene rings is 1. The van der Waals surface area contributed by atoms with Gasteiger partial charge in [-0.3, -0.25) is 14.4 Å². The summed E-state index contributed by atoms with van der Waals surface area (Å²) in [7, 11) is 0. The van der Waals surface area contributed by atoms with Crippen molar-refractivity contribution < 1.29 is 9.53 Å². The lowest BCUT2D eigenvalue weighted by atomic mass is 10.2. The van der Waals surface area contributed by atoms with Crippen LogP contribution < -0.4 is 15.4 Å². The lowest BCUT2D eigenvalue weighted by molar-refractivity contribution is -0.121. The third-order valence-electron chi connectivity index (χ3n) is 3.44. The molecule has 3 rings (SSSR count). The number of hydrogen-bond donors (Lipinski definition) is 1. The van der Waals surface area contributed by atoms with Crippen LogP contribution in [0.1, 0.15) is 25.6 Å². The molecule has 1 amide bonds. The number of hydrogen-bond acceptors (Lipinski definition) is 4. The molecule has 0 spiro atoms. The second-order valence-corrected chi connectivity index (χ2v) is 5.38. The van der Waals surface area contributed by atoms with Gasteiger partial charge in [0.1, 0.15) is 5.75 Å². The van der Waals surface area contributed by atoms with Crippen molar-refractivity contribution in [2.45, 2.75) is 26.4 Å². The Labute approximate surface area is 123 Å². The van der Waals surface area contributed by atoms with Gasteiger partial charge in [-0.2, -0.15) is 5.10 Å². The molecule has 2 heterocycles. The average molecular weight is 286 g/mol. The Morgan fingerprint density at radius 3 is 2.90 bits per heavy atom. The molecular formula is C15H18N4O2. The minimum absolute atomic E-state index is 0.0291. The summed E-state index contributed by atoms with van der Waals surface area (Å²) >= 11 is 0. The number of nitrogens with zero attached hydrogens (tertiary/aromatic N) is 3. The Morgan fingerprint density at radius 1 is 1.38 bits per heavy atom. The number of fused-ring (bicyclic) bond motifs is 1. The van der Waals surface area contributed by atoms with Crippen molar-refractivity contribution in [1.29, 1.82) is 0 Å². The summed E-state index contributed by atoms with van der Waals surface area (Å²) in [4.78, 5) is 13.8. The van der Waals surface area contributed by atoms with Gasteiger partial charge in [-0.05, 0) is 32.0 Å². The van der Waals surface area contributed by atoms with Crippen molar-refractivity contribution in [1.82, 2.24) is 9.78 Å². The van der Waals surface area contributed by atoms with Gasteiger partial charge in [-0.25, -0.2) is 0 Å². The number of nitrogens with two attached hydrogens (primary N) is 1. The molecule has 1 aliphatic rings. The summed E-state index contributed by atoms with van der Waals surface area (Å²) in [6.07, 6.45) is 1.93. The molecule has 6 heteroatoms. The summed E-state index contributed by atoms with van der Waals surface area (Å²) in [6.45, 7) is 4.59. The summed E-state index contributed by atoms with van der Waals surface area (Å²) in [5, 5.41) is 4.49. The van der Waals surface area contributed by atoms with E-state index in [4.69, 9.17) is 10.5 Å². The topological polar surface area (TPSA) is 73.4 Å². The zero-order valence-electron chi connectivity index (χ0n) is 12.1. The molecule has 1 aliphatic heterocycles. The summed E-state index contributed by atoms with van der Waals surface area (Å²) in [5.74, 6) is 0.560. The average Bonchev–Trinajstić information content (AvgIpc) is 2.91. The van der Waals surface area contributed by atoms with E-state index in [1.165, 1.54) is 0 Å². The monoisotopic (exact) mass is 286 g/mol. The molecule has 0 aliphatic carbocycles. The van der Waals surface area contributed by atoms with Crippen LogP contribution in [0, 0.1) is 0 Å². The number of amides is 1. The molecule has 110 valence electrons. The lowest BCUT2D eigenvalue weighted by Crippen LogP contribution is -2.38. The Balaban J connectivity index is 1.89. The van der Waals surface area contributed by atoms with Gasteiger partial charge in [0.05, 0.1) is 17.9 Å². The van der Waals surface area contributed by atoms with Gasteiger partial charge in [0.25, 0.3) is 5.91 Å². The number of nitrogen functional groups attached to an aromatic ring is 1. The third kappa shape index (κ3) is 2.56. The van der Waals surface area contributed by atoms with Crippen LogP contribution >= 0.6 is 0 Å². The van der Waals surface area contributed by atoms with Crippen molar-refractivity contribution in [3.63, 3.8) is 0 Å². The summed E-state index contributed by atoms with van der Waals surface area (Å²) < 4.78 is 7.31. The van der Waals surface area contributed by atoms with Crippen LogP contribution in [0.25, 0.3) is 0 Å². The fourth-order valence-electron chi connectivity index (χ4n) is 2.31. The first-order valence-corrected chi connectivity index (χ1v) is 6.91. The molecule has 21 heavy (non-hydrogen) atoms. The standard InChI is InChI=1S/C15H18N4O2/c1-10(2)19-6-5-12(17-19)8-18-13-4-3-11(16)7-14(13)21-9-15(18)20/h3-7,10H,8-9,16H2,1-2H3. The maximum absolute atomic E-state index is 12.1. The maximum atomic E-state index is 12.1. The van der Waals surface area contributed by atoms with Gasteiger partial charge in [-0.15, -0.1) is 0 Å². The van der Waals surface area contributed by atoms with Crippen molar-refractivity contribution >= 4 is 17.3 Å². The van der Waals surface area contributed by atoms with E-state index in [1.54, 1.807) is 23.1 Å². The molecule has 6 nitrogen and oxygen atoms in total. The van der Waals surface area contributed by atoms with E-state index < -0.39 is 0 Å². The molecule has 0 fully saturated rings. The molecule has 0 unspecified atom stereocenters. The second-order valence-electron chi connectivity index (χ2n) is 5.38. The van der Waals surface area contributed by atoms with Crippen LogP contribution in [0.3, 0.4) is 0 Å². The predicted octanol–water partition coefficient (Wildman–Crippen LogP) is 1.97. The lowest BCUT2D eigenvalue weighted by Gasteiger charge is -2.29. The first-order valence-electron chi connectivity index (χ1n) is 6.91. The predicted molar refractivity (Wildman–Crippen MR) is 80.2 cm³/mol. The second kappa shape index (κ2) is 5.12. The van der Waals surface area contributed by atoms with E-state index in [0.717, 1.165) is 11.4 Å². The van der Waals surface area contributed by atoms with Gasteiger partial charge in [-0.1, -0.05) is 0 Å². The fraction of sp³-hybridized carbons (Fsp3) is 0.333. The highest BCUT2D eigenvalue weighted by Gasteiger charge is 2.26. The Morgan fingerprint density at radius 2 is 2.19 bits per heavy atom. The molecule has 1 aromatic carbocycles. The van der Waals surface area contributed by atoms with Gasteiger partial charge < -0.3 is 10.5 Å². The molecule has 0 bridgehead atoms. The van der Waals surface area contributed by atoms with Gasteiger partial charge in [0.15, 0.2) is 6.61 Å². The number of rotatable bonds is 3. The van der Waals surface area contributed by atoms with E-state index in [1.807, 2.05) is 16.9 Å². The van der Waals surface area contributed by atoms with E-state index in [0.29, 0.717) is 24.0 Å². The molecule has 0 radical (unpaired) electrons. The van der Waals surface area contributed by atoms with Crippen LogP contribution in [0.2, 0.25) is 0 Å². The highest BCUT2D eigenvalue weighted by molar-refractivity contribution is 5.98. The molecule has 0 saturated heterocycles. The first kappa shape index (κ1) is 13.5. The van der Waals surface area contributed by atoms with E-state index in [2.05, 4.69) is 18.9 Å². The zero-order chi connectivity index (χ0) is 15.0. The first-order chi connectivity index (χ1) is 10.0. The SMILES string of the molecule is CC(C)n1ccc(CN2C(=O)COc3cc(N)ccc32)n1. The van der Waals surface area contributed by atoms with Gasteiger partial charge in [0.2, 0.25) is 0 Å². The fourth-order valence-corrected chi connectivity index (χ4v) is 2.31. The quantitative estimate of drug-likeness (QED) is 0.875. The number of carbonyl (C=O) groups is 1. The minimum Gasteiger partial charge on any atom is -0.481 e. The van der Waals surface area contributed by atoms with Crippen molar-refractivity contribution in [3.05, 3.63) is 36.2 Å². The number of aromatic nitrogens is 2. The Hall–Kier alpha value is -2.50. The number of ether oxygens (including phenoxy) is 1. The van der Waals surface area contributed by atoms with Crippen molar-refractivity contribution in [3.8, 4) is 5.75 Å². The van der Waals surface area contributed by atoms with Crippen LogP contribution in [0.5, 0.6) is 5.75 Å². The van der Waals surface area contributed by atoms with Crippen LogP contribution in [0.15, 0.2) is 30.5 Å². The smallest absolute Gasteiger partial charge is 0.265 e. The third-order valence-corrected chi connectivity index (χ3v) is 3.44. The van der Waals surface area contributed by atoms with Crippen LogP contribution in [-0.4, -0.2) is 22.3 Å². The highest BCUT2D eigenvalue weighted by atomic mass is 16.5. The number of carbonyl (C=O) groups excluding carboxylic acids is 1. The minimum atomic E-state index is -0.0774. The van der Waals surface area contributed by atoms with E-state index in [9.17, 15) is 4.79 Å². The molecule has 1 aromatic heterocycles. The summed E-state index contributed by atoms with van der Waals surface area (Å²) in [6, 6.07) is 7.54. The van der Waals surface area contributed by atoms with Gasteiger partial charge >= 0.3 is 0 Å². The zero-order valence-corrected chi connectivity index (χ0v) is 12.1. The summed E-state index contributed by atoms with van der Waals surface area (Å²) in [5.41, 5.74) is 7.95. The maximum Gasteiger partial charge on any atom is 0.265 e. The van der Waals surface area contributed by atoms with Crippen LogP contribution in [0.4, 0.5) is 11.4 Å². The molecule has 0 saturated carbocycles.